The van der Waals surface area contributed by atoms with Crippen molar-refractivity contribution in [1.82, 2.24) is 15.1 Å². The number of halogens is 2. The van der Waals surface area contributed by atoms with Crippen molar-refractivity contribution in [2.75, 3.05) is 12.3 Å². The number of para-hydroxylation sites is 1. The Bertz CT molecular complexity index is 1040. The van der Waals surface area contributed by atoms with Crippen LogP contribution in [0.5, 0.6) is 0 Å². The van der Waals surface area contributed by atoms with E-state index in [1.165, 1.54) is 22.9 Å². The monoisotopic (exact) mass is 441 g/mol. The van der Waals surface area contributed by atoms with E-state index >= 15 is 0 Å². The number of nitrogens with two attached hydrogens (primary N) is 1. The van der Waals surface area contributed by atoms with Gasteiger partial charge in [-0.1, -0.05) is 34.1 Å². The van der Waals surface area contributed by atoms with Gasteiger partial charge in [0.25, 0.3) is 5.91 Å². The fraction of sp³-hybridized carbons (Fsp3) is 0.150. The molecule has 0 unspecified atom stereocenters. The molecule has 0 bridgehead atoms. The van der Waals surface area contributed by atoms with Crippen LogP contribution in [0.15, 0.2) is 53.0 Å². The molecule has 0 aliphatic heterocycles. The SMILES string of the molecule is N#Cc1c(CCCNC(=O)c2cc(Br)ccc2F)nn(-c2ccccc2)c1N. The molecule has 2 aromatic carbocycles. The van der Waals surface area contributed by atoms with Gasteiger partial charge in [-0.25, -0.2) is 9.07 Å². The highest BCUT2D eigenvalue weighted by molar-refractivity contribution is 9.10. The number of nitrogens with one attached hydrogen (secondary N) is 1. The van der Waals surface area contributed by atoms with Crippen molar-refractivity contribution in [3.63, 3.8) is 0 Å². The van der Waals surface area contributed by atoms with Crippen molar-refractivity contribution in [3.05, 3.63) is 75.6 Å². The molecule has 6 nitrogen and oxygen atoms in total. The van der Waals surface area contributed by atoms with Gasteiger partial charge in [-0.05, 0) is 43.2 Å². The Balaban J connectivity index is 1.64. The Labute approximate surface area is 169 Å². The van der Waals surface area contributed by atoms with E-state index in [0.29, 0.717) is 35.1 Å². The Morgan fingerprint density at radius 2 is 2.04 bits per heavy atom. The normalized spacial score (nSPS) is 10.5. The van der Waals surface area contributed by atoms with Crippen LogP contribution < -0.4 is 11.1 Å². The van der Waals surface area contributed by atoms with Gasteiger partial charge in [0.2, 0.25) is 0 Å². The van der Waals surface area contributed by atoms with Crippen molar-refractivity contribution >= 4 is 27.7 Å². The molecular weight excluding hydrogens is 425 g/mol. The van der Waals surface area contributed by atoms with Gasteiger partial charge in [0.15, 0.2) is 0 Å². The van der Waals surface area contributed by atoms with E-state index in [0.717, 1.165) is 5.69 Å². The number of anilines is 1. The van der Waals surface area contributed by atoms with E-state index in [-0.39, 0.29) is 11.4 Å². The summed E-state index contributed by atoms with van der Waals surface area (Å²) in [5, 5.41) is 16.5. The molecule has 3 N–H and O–H groups in total. The molecule has 0 saturated heterocycles. The third kappa shape index (κ3) is 4.21. The summed E-state index contributed by atoms with van der Waals surface area (Å²) in [6, 6.07) is 15.6. The Morgan fingerprint density at radius 1 is 1.29 bits per heavy atom. The number of aromatic nitrogens is 2. The van der Waals surface area contributed by atoms with Gasteiger partial charge >= 0.3 is 0 Å². The minimum Gasteiger partial charge on any atom is -0.382 e. The van der Waals surface area contributed by atoms with Crippen LogP contribution in [-0.4, -0.2) is 22.2 Å². The summed E-state index contributed by atoms with van der Waals surface area (Å²) < 4.78 is 15.9. The van der Waals surface area contributed by atoms with Gasteiger partial charge < -0.3 is 11.1 Å². The van der Waals surface area contributed by atoms with E-state index in [4.69, 9.17) is 5.73 Å². The van der Waals surface area contributed by atoms with E-state index in [2.05, 4.69) is 32.4 Å². The highest BCUT2D eigenvalue weighted by Gasteiger charge is 2.16. The van der Waals surface area contributed by atoms with Crippen LogP contribution in [0.2, 0.25) is 0 Å². The lowest BCUT2D eigenvalue weighted by Crippen LogP contribution is -2.25. The van der Waals surface area contributed by atoms with Gasteiger partial charge in [0, 0.05) is 11.0 Å². The highest BCUT2D eigenvalue weighted by atomic mass is 79.9. The standard InChI is InChI=1S/C20H17BrFN5O/c21-13-8-9-17(22)15(11-13)20(28)25-10-4-7-18-16(12-23)19(24)27(26-18)14-5-2-1-3-6-14/h1-3,5-6,8-9,11H,4,7,10,24H2,(H,25,28). The number of benzene rings is 2. The molecule has 0 radical (unpaired) electrons. The number of rotatable bonds is 6. The number of aryl methyl sites for hydroxylation is 1. The molecular formula is C20H17BrFN5O. The number of nitrogens with zero attached hydrogens (tertiary/aromatic N) is 3. The maximum absolute atomic E-state index is 13.8. The predicted molar refractivity (Wildman–Crippen MR) is 107 cm³/mol. The quantitative estimate of drug-likeness (QED) is 0.571. The molecule has 0 fully saturated rings. The summed E-state index contributed by atoms with van der Waals surface area (Å²) in [6.45, 7) is 0.313. The summed E-state index contributed by atoms with van der Waals surface area (Å²) >= 11 is 3.22. The van der Waals surface area contributed by atoms with Gasteiger partial charge in [-0.2, -0.15) is 10.4 Å². The smallest absolute Gasteiger partial charge is 0.254 e. The van der Waals surface area contributed by atoms with Gasteiger partial charge in [-0.15, -0.1) is 0 Å². The summed E-state index contributed by atoms with van der Waals surface area (Å²) in [6.07, 6.45) is 0.982. The molecule has 0 spiro atoms. The Kier molecular flexibility index (Phi) is 6.06. The van der Waals surface area contributed by atoms with Gasteiger partial charge in [0.1, 0.15) is 23.3 Å². The average Bonchev–Trinajstić information content (AvgIpc) is 3.03. The fourth-order valence-electron chi connectivity index (χ4n) is 2.77. The summed E-state index contributed by atoms with van der Waals surface area (Å²) in [4.78, 5) is 12.1. The zero-order valence-electron chi connectivity index (χ0n) is 14.8. The molecule has 0 aliphatic carbocycles. The van der Waals surface area contributed by atoms with Crippen LogP contribution in [0.4, 0.5) is 10.2 Å². The number of nitriles is 1. The lowest BCUT2D eigenvalue weighted by molar-refractivity contribution is 0.0949. The largest absolute Gasteiger partial charge is 0.382 e. The second-order valence-electron chi connectivity index (χ2n) is 6.05. The maximum atomic E-state index is 13.8. The molecule has 28 heavy (non-hydrogen) atoms. The summed E-state index contributed by atoms with van der Waals surface area (Å²) in [7, 11) is 0. The number of amides is 1. The number of carbonyl (C=O) groups is 1. The van der Waals surface area contributed by atoms with Crippen molar-refractivity contribution in [2.24, 2.45) is 0 Å². The molecule has 1 heterocycles. The molecule has 142 valence electrons. The van der Waals surface area contributed by atoms with Crippen molar-refractivity contribution in [2.45, 2.75) is 12.8 Å². The van der Waals surface area contributed by atoms with Crippen LogP contribution in [0.1, 0.15) is 28.0 Å². The number of nitrogen functional groups attached to an aromatic ring is 1. The molecule has 8 heteroatoms. The molecule has 0 aliphatic rings. The van der Waals surface area contributed by atoms with Gasteiger partial charge in [0.05, 0.1) is 16.9 Å². The second-order valence-corrected chi connectivity index (χ2v) is 6.97. The number of hydrogen-bond acceptors (Lipinski definition) is 4. The maximum Gasteiger partial charge on any atom is 0.254 e. The lowest BCUT2D eigenvalue weighted by Gasteiger charge is -2.06. The van der Waals surface area contributed by atoms with E-state index in [1.807, 2.05) is 30.3 Å². The first-order chi connectivity index (χ1) is 13.5. The number of hydrogen-bond donors (Lipinski definition) is 2. The molecule has 1 amide bonds. The third-order valence-electron chi connectivity index (χ3n) is 4.16. The molecule has 3 aromatic rings. The van der Waals surface area contributed by atoms with Crippen LogP contribution >= 0.6 is 15.9 Å². The van der Waals surface area contributed by atoms with E-state index in [1.54, 1.807) is 0 Å². The second kappa shape index (κ2) is 8.67. The predicted octanol–water partition coefficient (Wildman–Crippen LogP) is 3.59. The van der Waals surface area contributed by atoms with Crippen LogP contribution in [0.25, 0.3) is 5.69 Å². The van der Waals surface area contributed by atoms with Crippen LogP contribution in [0, 0.1) is 17.1 Å². The molecule has 0 atom stereocenters. The minimum atomic E-state index is -0.582. The third-order valence-corrected chi connectivity index (χ3v) is 4.65. The first kappa shape index (κ1) is 19.6. The van der Waals surface area contributed by atoms with Crippen molar-refractivity contribution in [1.29, 1.82) is 5.26 Å². The van der Waals surface area contributed by atoms with E-state index < -0.39 is 11.7 Å². The zero-order valence-corrected chi connectivity index (χ0v) is 16.4. The van der Waals surface area contributed by atoms with Crippen LogP contribution in [-0.2, 0) is 6.42 Å². The number of carbonyl (C=O) groups excluding carboxylic acids is 1. The first-order valence-corrected chi connectivity index (χ1v) is 9.36. The van der Waals surface area contributed by atoms with Crippen molar-refractivity contribution < 1.29 is 9.18 Å². The minimum absolute atomic E-state index is 0.0234. The van der Waals surface area contributed by atoms with Gasteiger partial charge in [-0.3, -0.25) is 4.79 Å². The Morgan fingerprint density at radius 3 is 2.75 bits per heavy atom. The fourth-order valence-corrected chi connectivity index (χ4v) is 3.13. The molecule has 3 rings (SSSR count). The summed E-state index contributed by atoms with van der Waals surface area (Å²) in [5.41, 5.74) is 7.70. The topological polar surface area (TPSA) is 96.7 Å². The van der Waals surface area contributed by atoms with Crippen molar-refractivity contribution in [3.8, 4) is 11.8 Å². The average molecular weight is 442 g/mol. The lowest BCUT2D eigenvalue weighted by atomic mass is 10.1. The zero-order chi connectivity index (χ0) is 20.1. The van der Waals surface area contributed by atoms with Crippen LogP contribution in [0.3, 0.4) is 0 Å². The summed E-state index contributed by atoms with van der Waals surface area (Å²) in [5.74, 6) is -0.792. The Hall–Kier alpha value is -3.18. The molecule has 0 saturated carbocycles. The van der Waals surface area contributed by atoms with E-state index in [9.17, 15) is 14.4 Å². The first-order valence-electron chi connectivity index (χ1n) is 8.57. The molecule has 1 aromatic heterocycles. The highest BCUT2D eigenvalue weighted by Crippen LogP contribution is 2.21.